The van der Waals surface area contributed by atoms with Crippen molar-refractivity contribution in [1.82, 2.24) is 14.9 Å². The van der Waals surface area contributed by atoms with Gasteiger partial charge in [-0.2, -0.15) is 0 Å². The molecule has 0 radical (unpaired) electrons. The molecule has 6 heteroatoms. The SMILES string of the molecule is Cc1nc2ccc(C(=O)OCC(=O)N3CC=C(c4ccccc4)CC3)cc2nc1C. The molecular formula is C24H23N3O3. The average Bonchev–Trinajstić information content (AvgIpc) is 2.78. The molecule has 0 saturated carbocycles. The van der Waals surface area contributed by atoms with Crippen molar-refractivity contribution < 1.29 is 14.3 Å². The molecule has 0 aliphatic carbocycles. The van der Waals surface area contributed by atoms with Gasteiger partial charge in [-0.3, -0.25) is 4.79 Å². The van der Waals surface area contributed by atoms with E-state index in [1.807, 2.05) is 32.0 Å². The van der Waals surface area contributed by atoms with Crippen molar-refractivity contribution in [3.63, 3.8) is 0 Å². The maximum Gasteiger partial charge on any atom is 0.338 e. The third-order valence-corrected chi connectivity index (χ3v) is 5.34. The highest BCUT2D eigenvalue weighted by molar-refractivity contribution is 5.94. The maximum atomic E-state index is 12.5. The first-order chi connectivity index (χ1) is 14.5. The smallest absolute Gasteiger partial charge is 0.338 e. The van der Waals surface area contributed by atoms with Crippen LogP contribution < -0.4 is 0 Å². The second-order valence-corrected chi connectivity index (χ2v) is 7.36. The highest BCUT2D eigenvalue weighted by Gasteiger charge is 2.20. The molecule has 1 aliphatic heterocycles. The number of carbonyl (C=O) groups excluding carboxylic acids is 2. The van der Waals surface area contributed by atoms with Gasteiger partial charge in [-0.1, -0.05) is 36.4 Å². The third kappa shape index (κ3) is 4.22. The molecule has 1 aliphatic rings. The molecule has 0 fully saturated rings. The van der Waals surface area contributed by atoms with E-state index >= 15 is 0 Å². The number of aromatic nitrogens is 2. The summed E-state index contributed by atoms with van der Waals surface area (Å²) in [7, 11) is 0. The number of benzene rings is 2. The summed E-state index contributed by atoms with van der Waals surface area (Å²) in [4.78, 5) is 35.5. The van der Waals surface area contributed by atoms with Gasteiger partial charge in [0.1, 0.15) is 0 Å². The Morgan fingerprint density at radius 2 is 1.73 bits per heavy atom. The van der Waals surface area contributed by atoms with Gasteiger partial charge in [0.15, 0.2) is 6.61 Å². The number of amides is 1. The van der Waals surface area contributed by atoms with Crippen LogP contribution in [0.4, 0.5) is 0 Å². The maximum absolute atomic E-state index is 12.5. The van der Waals surface area contributed by atoms with E-state index in [-0.39, 0.29) is 12.5 Å². The molecule has 6 nitrogen and oxygen atoms in total. The van der Waals surface area contributed by atoms with Crippen LogP contribution in [0.2, 0.25) is 0 Å². The van der Waals surface area contributed by atoms with Crippen LogP contribution in [-0.2, 0) is 9.53 Å². The van der Waals surface area contributed by atoms with E-state index in [9.17, 15) is 9.59 Å². The Morgan fingerprint density at radius 3 is 2.43 bits per heavy atom. The number of rotatable bonds is 4. The van der Waals surface area contributed by atoms with Crippen LogP contribution in [0, 0.1) is 13.8 Å². The van der Waals surface area contributed by atoms with Crippen LogP contribution in [0.3, 0.4) is 0 Å². The van der Waals surface area contributed by atoms with Crippen molar-refractivity contribution in [3.8, 4) is 0 Å². The van der Waals surface area contributed by atoms with Crippen molar-refractivity contribution in [2.24, 2.45) is 0 Å². The minimum absolute atomic E-state index is 0.196. The summed E-state index contributed by atoms with van der Waals surface area (Å²) in [5.74, 6) is -0.735. The standard InChI is InChI=1S/C24H23N3O3/c1-16-17(2)26-22-14-20(8-9-21(22)25-16)24(29)30-15-23(28)27-12-10-19(11-13-27)18-6-4-3-5-7-18/h3-10,14H,11-13,15H2,1-2H3. The molecule has 30 heavy (non-hydrogen) atoms. The van der Waals surface area contributed by atoms with E-state index in [0.717, 1.165) is 23.3 Å². The molecule has 0 N–H and O–H groups in total. The zero-order valence-corrected chi connectivity index (χ0v) is 17.1. The van der Waals surface area contributed by atoms with E-state index in [4.69, 9.17) is 4.74 Å². The number of fused-ring (bicyclic) bond motifs is 1. The summed E-state index contributed by atoms with van der Waals surface area (Å²) in [5, 5.41) is 0. The van der Waals surface area contributed by atoms with Crippen LogP contribution in [-0.4, -0.2) is 46.4 Å². The molecule has 152 valence electrons. The lowest BCUT2D eigenvalue weighted by molar-refractivity contribution is -0.134. The lowest BCUT2D eigenvalue weighted by atomic mass is 10.00. The van der Waals surface area contributed by atoms with Crippen LogP contribution >= 0.6 is 0 Å². The number of esters is 1. The summed E-state index contributed by atoms with van der Waals surface area (Å²) >= 11 is 0. The Kier molecular flexibility index (Phi) is 5.57. The van der Waals surface area contributed by atoms with Crippen LogP contribution in [0.15, 0.2) is 54.6 Å². The zero-order valence-electron chi connectivity index (χ0n) is 17.1. The van der Waals surface area contributed by atoms with Gasteiger partial charge < -0.3 is 9.64 Å². The number of hydrogen-bond acceptors (Lipinski definition) is 5. The first-order valence-electron chi connectivity index (χ1n) is 9.95. The van der Waals surface area contributed by atoms with Gasteiger partial charge in [-0.25, -0.2) is 14.8 Å². The molecule has 0 unspecified atom stereocenters. The number of nitrogens with zero attached hydrogens (tertiary/aromatic N) is 3. The Bertz CT molecular complexity index is 1140. The summed E-state index contributed by atoms with van der Waals surface area (Å²) < 4.78 is 5.26. The quantitative estimate of drug-likeness (QED) is 0.623. The molecule has 0 spiro atoms. The number of hydrogen-bond donors (Lipinski definition) is 0. The fourth-order valence-electron chi connectivity index (χ4n) is 3.47. The molecule has 0 saturated heterocycles. The van der Waals surface area contributed by atoms with Crippen molar-refractivity contribution in [3.05, 3.63) is 77.1 Å². The molecule has 2 heterocycles. The molecular weight excluding hydrogens is 378 g/mol. The van der Waals surface area contributed by atoms with Crippen molar-refractivity contribution in [2.45, 2.75) is 20.3 Å². The Hall–Kier alpha value is -3.54. The van der Waals surface area contributed by atoms with Crippen molar-refractivity contribution in [2.75, 3.05) is 19.7 Å². The van der Waals surface area contributed by atoms with Crippen molar-refractivity contribution in [1.29, 1.82) is 0 Å². The van der Waals surface area contributed by atoms with Crippen molar-refractivity contribution >= 4 is 28.5 Å². The monoisotopic (exact) mass is 401 g/mol. The Labute approximate surface area is 175 Å². The first-order valence-corrected chi connectivity index (χ1v) is 9.95. The number of carbonyl (C=O) groups is 2. The summed E-state index contributed by atoms with van der Waals surface area (Å²) in [6.45, 7) is 4.63. The van der Waals surface area contributed by atoms with Gasteiger partial charge in [0.25, 0.3) is 5.91 Å². The number of aryl methyl sites for hydroxylation is 2. The second-order valence-electron chi connectivity index (χ2n) is 7.36. The van der Waals surface area contributed by atoms with Gasteiger partial charge in [-0.05, 0) is 49.6 Å². The normalized spacial score (nSPS) is 13.8. The molecule has 0 atom stereocenters. The minimum Gasteiger partial charge on any atom is -0.452 e. The lowest BCUT2D eigenvalue weighted by Gasteiger charge is -2.26. The largest absolute Gasteiger partial charge is 0.452 e. The molecule has 2 aromatic carbocycles. The van der Waals surface area contributed by atoms with Crippen LogP contribution in [0.5, 0.6) is 0 Å². The summed E-state index contributed by atoms with van der Waals surface area (Å²) in [5.41, 5.74) is 5.80. The Morgan fingerprint density at radius 1 is 1.00 bits per heavy atom. The molecule has 0 bridgehead atoms. The molecule has 3 aromatic rings. The zero-order chi connectivity index (χ0) is 21.1. The average molecular weight is 401 g/mol. The second kappa shape index (κ2) is 8.45. The van der Waals surface area contributed by atoms with Crippen LogP contribution in [0.25, 0.3) is 16.6 Å². The van der Waals surface area contributed by atoms with E-state index < -0.39 is 5.97 Å². The predicted octanol–water partition coefficient (Wildman–Crippen LogP) is 3.72. The van der Waals surface area contributed by atoms with Gasteiger partial charge in [0.2, 0.25) is 0 Å². The van der Waals surface area contributed by atoms with E-state index in [0.29, 0.717) is 24.2 Å². The van der Waals surface area contributed by atoms with E-state index in [2.05, 4.69) is 28.2 Å². The summed E-state index contributed by atoms with van der Waals surface area (Å²) in [6, 6.07) is 15.2. The van der Waals surface area contributed by atoms with Gasteiger partial charge in [0.05, 0.1) is 28.0 Å². The van der Waals surface area contributed by atoms with E-state index in [1.54, 1.807) is 23.1 Å². The fourth-order valence-corrected chi connectivity index (χ4v) is 3.47. The lowest BCUT2D eigenvalue weighted by Crippen LogP contribution is -2.37. The highest BCUT2D eigenvalue weighted by Crippen LogP contribution is 2.22. The first kappa shape index (κ1) is 19.8. The predicted molar refractivity (Wildman–Crippen MR) is 115 cm³/mol. The topological polar surface area (TPSA) is 72.4 Å². The summed E-state index contributed by atoms with van der Waals surface area (Å²) in [6.07, 6.45) is 2.84. The molecule has 1 amide bonds. The number of ether oxygens (including phenoxy) is 1. The third-order valence-electron chi connectivity index (χ3n) is 5.34. The van der Waals surface area contributed by atoms with Gasteiger partial charge >= 0.3 is 5.97 Å². The van der Waals surface area contributed by atoms with Crippen LogP contribution in [0.1, 0.15) is 33.7 Å². The van der Waals surface area contributed by atoms with Gasteiger partial charge in [0, 0.05) is 13.1 Å². The van der Waals surface area contributed by atoms with E-state index in [1.165, 1.54) is 11.1 Å². The molecule has 1 aromatic heterocycles. The minimum atomic E-state index is -0.539. The fraction of sp³-hybridized carbons (Fsp3) is 0.250. The Balaban J connectivity index is 1.36. The molecule has 4 rings (SSSR count). The van der Waals surface area contributed by atoms with Gasteiger partial charge in [-0.15, -0.1) is 0 Å². The highest BCUT2D eigenvalue weighted by atomic mass is 16.5.